The first-order chi connectivity index (χ1) is 8.58. The molecule has 0 bridgehead atoms. The van der Waals surface area contributed by atoms with Gasteiger partial charge in [0.05, 0.1) is 0 Å². The summed E-state index contributed by atoms with van der Waals surface area (Å²) in [6.45, 7) is 0. The fourth-order valence-electron chi connectivity index (χ4n) is 1.51. The highest BCUT2D eigenvalue weighted by Crippen LogP contribution is 2.22. The van der Waals surface area contributed by atoms with Crippen molar-refractivity contribution in [2.45, 2.75) is 0 Å². The van der Waals surface area contributed by atoms with Crippen LogP contribution in [0.5, 0.6) is 11.5 Å². The zero-order valence-corrected chi connectivity index (χ0v) is 9.22. The predicted octanol–water partition coefficient (Wildman–Crippen LogP) is 2.49. The zero-order chi connectivity index (χ0) is 13.1. The molecule has 2 aromatic rings. The summed E-state index contributed by atoms with van der Waals surface area (Å²) in [7, 11) is 0. The van der Waals surface area contributed by atoms with E-state index < -0.39 is 23.0 Å². The van der Waals surface area contributed by atoms with E-state index in [9.17, 15) is 19.4 Å². The molecule has 0 saturated carbocycles. The molecular weight excluding hydrogens is 237 g/mol. The summed E-state index contributed by atoms with van der Waals surface area (Å²) in [5.74, 6) is -2.05. The van der Waals surface area contributed by atoms with E-state index in [0.717, 1.165) is 6.07 Å². The van der Waals surface area contributed by atoms with E-state index in [0.29, 0.717) is 5.69 Å². The third-order valence-corrected chi connectivity index (χ3v) is 2.32. The van der Waals surface area contributed by atoms with Crippen LogP contribution in [0.3, 0.4) is 0 Å². The molecule has 3 N–H and O–H groups in total. The molecule has 0 unspecified atom stereocenters. The van der Waals surface area contributed by atoms with Crippen LogP contribution in [0.1, 0.15) is 10.4 Å². The summed E-state index contributed by atoms with van der Waals surface area (Å²) < 4.78 is 13.4. The zero-order valence-electron chi connectivity index (χ0n) is 9.22. The lowest BCUT2D eigenvalue weighted by Gasteiger charge is -2.07. The summed E-state index contributed by atoms with van der Waals surface area (Å²) in [6, 6.07) is 9.43. The van der Waals surface area contributed by atoms with E-state index in [1.165, 1.54) is 36.4 Å². The van der Waals surface area contributed by atoms with Gasteiger partial charge in [-0.2, -0.15) is 0 Å². The number of carbonyl (C=O) groups is 1. The number of anilines is 1. The van der Waals surface area contributed by atoms with E-state index >= 15 is 0 Å². The summed E-state index contributed by atoms with van der Waals surface area (Å²) in [5, 5.41) is 21.1. The number of halogens is 1. The second kappa shape index (κ2) is 4.75. The second-order valence-electron chi connectivity index (χ2n) is 3.64. The lowest BCUT2D eigenvalue weighted by Crippen LogP contribution is -2.13. The fraction of sp³-hybridized carbons (Fsp3) is 0. The molecule has 4 nitrogen and oxygen atoms in total. The Hall–Kier alpha value is -2.56. The van der Waals surface area contributed by atoms with Crippen LogP contribution >= 0.6 is 0 Å². The van der Waals surface area contributed by atoms with Gasteiger partial charge in [-0.15, -0.1) is 0 Å². The van der Waals surface area contributed by atoms with E-state index in [4.69, 9.17) is 0 Å². The quantitative estimate of drug-likeness (QED) is 0.763. The van der Waals surface area contributed by atoms with Gasteiger partial charge < -0.3 is 15.5 Å². The number of carbonyl (C=O) groups excluding carboxylic acids is 1. The number of benzene rings is 2. The molecule has 18 heavy (non-hydrogen) atoms. The first-order valence-electron chi connectivity index (χ1n) is 5.16. The molecule has 0 aliphatic heterocycles. The fourth-order valence-corrected chi connectivity index (χ4v) is 1.51. The molecule has 5 heteroatoms. The van der Waals surface area contributed by atoms with Crippen molar-refractivity contribution in [3.63, 3.8) is 0 Å². The van der Waals surface area contributed by atoms with Gasteiger partial charge in [0, 0.05) is 11.8 Å². The normalized spacial score (nSPS) is 10.1. The molecule has 0 atom stereocenters. The maximum Gasteiger partial charge on any atom is 0.262 e. The molecule has 0 aromatic heterocycles. The molecule has 0 heterocycles. The van der Waals surface area contributed by atoms with Crippen LogP contribution < -0.4 is 5.32 Å². The minimum Gasteiger partial charge on any atom is -0.508 e. The highest BCUT2D eigenvalue weighted by atomic mass is 19.1. The first kappa shape index (κ1) is 11.9. The van der Waals surface area contributed by atoms with Crippen molar-refractivity contribution in [3.05, 3.63) is 53.8 Å². The maximum atomic E-state index is 13.4. The Bertz CT molecular complexity index is 578. The van der Waals surface area contributed by atoms with Gasteiger partial charge in [0.1, 0.15) is 22.9 Å². The van der Waals surface area contributed by atoms with Crippen molar-refractivity contribution in [2.24, 2.45) is 0 Å². The molecule has 0 fully saturated rings. The number of hydrogen-bond donors (Lipinski definition) is 3. The number of aromatic hydroxyl groups is 2. The number of amides is 1. The molecule has 2 aromatic carbocycles. The lowest BCUT2D eigenvalue weighted by atomic mass is 10.1. The van der Waals surface area contributed by atoms with Crippen LogP contribution in [0.2, 0.25) is 0 Å². The molecule has 0 spiro atoms. The summed E-state index contributed by atoms with van der Waals surface area (Å²) in [6.07, 6.45) is 0. The number of hydrogen-bond acceptors (Lipinski definition) is 3. The van der Waals surface area contributed by atoms with E-state index in [-0.39, 0.29) is 5.75 Å². The van der Waals surface area contributed by atoms with Crippen molar-refractivity contribution in [3.8, 4) is 11.5 Å². The molecule has 2 rings (SSSR count). The molecule has 92 valence electrons. The van der Waals surface area contributed by atoms with Gasteiger partial charge in [0.2, 0.25) is 0 Å². The summed E-state index contributed by atoms with van der Waals surface area (Å²) >= 11 is 0. The predicted molar refractivity (Wildman–Crippen MR) is 64.1 cm³/mol. The van der Waals surface area contributed by atoms with Gasteiger partial charge in [-0.3, -0.25) is 4.79 Å². The van der Waals surface area contributed by atoms with E-state index in [2.05, 4.69) is 5.32 Å². The van der Waals surface area contributed by atoms with Gasteiger partial charge in [-0.25, -0.2) is 4.39 Å². The molecule has 0 radical (unpaired) electrons. The Morgan fingerprint density at radius 2 is 1.83 bits per heavy atom. The Balaban J connectivity index is 2.28. The van der Waals surface area contributed by atoms with Gasteiger partial charge >= 0.3 is 0 Å². The highest BCUT2D eigenvalue weighted by Gasteiger charge is 2.16. The minimum atomic E-state index is -0.812. The minimum absolute atomic E-state index is 0.0226. The van der Waals surface area contributed by atoms with Gasteiger partial charge in [0.25, 0.3) is 5.91 Å². The number of nitrogens with one attached hydrogen (secondary N) is 1. The lowest BCUT2D eigenvalue weighted by molar-refractivity contribution is 0.102. The van der Waals surface area contributed by atoms with Gasteiger partial charge in [0.15, 0.2) is 0 Å². The van der Waals surface area contributed by atoms with Gasteiger partial charge in [-0.1, -0.05) is 12.1 Å². The van der Waals surface area contributed by atoms with Crippen molar-refractivity contribution in [1.82, 2.24) is 0 Å². The monoisotopic (exact) mass is 247 g/mol. The third kappa shape index (κ3) is 2.40. The summed E-state index contributed by atoms with van der Waals surface area (Å²) in [5.41, 5.74) is -0.122. The highest BCUT2D eigenvalue weighted by molar-refractivity contribution is 6.06. The van der Waals surface area contributed by atoms with E-state index in [1.807, 2.05) is 0 Å². The molecular formula is C13H10FNO3. The van der Waals surface area contributed by atoms with Crippen LogP contribution in [0, 0.1) is 5.82 Å². The van der Waals surface area contributed by atoms with Crippen molar-refractivity contribution < 1.29 is 19.4 Å². The van der Waals surface area contributed by atoms with Crippen molar-refractivity contribution >= 4 is 11.6 Å². The van der Waals surface area contributed by atoms with Crippen molar-refractivity contribution in [1.29, 1.82) is 0 Å². The van der Waals surface area contributed by atoms with Crippen LogP contribution in [0.25, 0.3) is 0 Å². The largest absolute Gasteiger partial charge is 0.508 e. The Morgan fingerprint density at radius 1 is 1.11 bits per heavy atom. The summed E-state index contributed by atoms with van der Waals surface area (Å²) in [4.78, 5) is 11.8. The number of phenols is 2. The van der Waals surface area contributed by atoms with Crippen LogP contribution in [0.4, 0.5) is 10.1 Å². The van der Waals surface area contributed by atoms with Crippen LogP contribution in [-0.2, 0) is 0 Å². The number of phenolic OH excluding ortho intramolecular Hbond substituents is 2. The third-order valence-electron chi connectivity index (χ3n) is 2.32. The average Bonchev–Trinajstić information content (AvgIpc) is 2.28. The first-order valence-corrected chi connectivity index (χ1v) is 5.16. The van der Waals surface area contributed by atoms with Crippen LogP contribution in [0.15, 0.2) is 42.5 Å². The van der Waals surface area contributed by atoms with Crippen LogP contribution in [-0.4, -0.2) is 16.1 Å². The second-order valence-corrected chi connectivity index (χ2v) is 3.64. The number of rotatable bonds is 2. The molecule has 0 aliphatic rings. The Labute approximate surface area is 102 Å². The van der Waals surface area contributed by atoms with Crippen molar-refractivity contribution in [2.75, 3.05) is 5.32 Å². The Morgan fingerprint density at radius 3 is 2.50 bits per heavy atom. The maximum absolute atomic E-state index is 13.4. The molecule has 1 amide bonds. The Kier molecular flexibility index (Phi) is 3.14. The van der Waals surface area contributed by atoms with E-state index in [1.54, 1.807) is 0 Å². The smallest absolute Gasteiger partial charge is 0.262 e. The standard InChI is InChI=1S/C13H10FNO3/c14-10-5-2-6-11(17)12(10)13(18)15-8-3-1-4-9(16)7-8/h1-7,16-17H,(H,15,18). The SMILES string of the molecule is O=C(Nc1cccc(O)c1)c1c(O)cccc1F. The molecule has 0 aliphatic carbocycles. The van der Waals surface area contributed by atoms with Gasteiger partial charge in [-0.05, 0) is 24.3 Å². The topological polar surface area (TPSA) is 69.6 Å². The average molecular weight is 247 g/mol. The molecule has 0 saturated heterocycles.